The highest BCUT2D eigenvalue weighted by molar-refractivity contribution is 5.96. The molecule has 0 spiro atoms. The van der Waals surface area contributed by atoms with Gasteiger partial charge < -0.3 is 23.8 Å². The van der Waals surface area contributed by atoms with Gasteiger partial charge in [-0.05, 0) is 75.5 Å². The van der Waals surface area contributed by atoms with Gasteiger partial charge >= 0.3 is 0 Å². The molecule has 238 valence electrons. The fourth-order valence-electron chi connectivity index (χ4n) is 7.46. The Labute approximate surface area is 264 Å². The molecule has 2 saturated heterocycles. The molecule has 0 aromatic carbocycles. The SMILES string of the molecule is COCC(=O)N1CCC(c2nccc3cc(-c4nn5cc(C(=O)N6CCC[C@@H](C)C6)cc(OC)c5c4C)n(CC4CC4)c23)CC1. The first-order valence-electron chi connectivity index (χ1n) is 16.5. The van der Waals surface area contributed by atoms with E-state index < -0.39 is 0 Å². The highest BCUT2D eigenvalue weighted by Gasteiger charge is 2.31. The number of piperidine rings is 2. The summed E-state index contributed by atoms with van der Waals surface area (Å²) in [5.74, 6) is 2.16. The maximum absolute atomic E-state index is 13.6. The van der Waals surface area contributed by atoms with Gasteiger partial charge in [-0.2, -0.15) is 5.10 Å². The standard InChI is InChI=1S/C35H44N6O4/c1-22-6-5-13-39(18-22)35(43)27-17-29(45-4)33-23(2)31(37-41(33)20-27)28-16-26-9-12-36-32(34(26)40(28)19-24-7-8-24)25-10-14-38(15-11-25)30(42)21-44-3/h9,12,16-17,20,22,24-25H,5-8,10-11,13-15,18-19,21H2,1-4H3/t22-/m1/s1. The van der Waals surface area contributed by atoms with Crippen molar-refractivity contribution in [2.24, 2.45) is 11.8 Å². The average Bonchev–Trinajstić information content (AvgIpc) is 3.72. The van der Waals surface area contributed by atoms with Crippen molar-refractivity contribution < 1.29 is 19.1 Å². The summed E-state index contributed by atoms with van der Waals surface area (Å²) in [6, 6.07) is 6.23. The molecule has 1 saturated carbocycles. The van der Waals surface area contributed by atoms with E-state index >= 15 is 0 Å². The Morgan fingerprint density at radius 1 is 1.00 bits per heavy atom. The van der Waals surface area contributed by atoms with E-state index in [9.17, 15) is 9.59 Å². The molecule has 1 aliphatic carbocycles. The number of carbonyl (C=O) groups excluding carboxylic acids is 2. The van der Waals surface area contributed by atoms with E-state index in [1.807, 2.05) is 32.8 Å². The number of ether oxygens (including phenoxy) is 2. The minimum absolute atomic E-state index is 0.0324. The number of amides is 2. The number of nitrogens with zero attached hydrogens (tertiary/aromatic N) is 6. The van der Waals surface area contributed by atoms with E-state index in [0.29, 0.717) is 36.2 Å². The Morgan fingerprint density at radius 3 is 2.51 bits per heavy atom. The molecule has 0 radical (unpaired) electrons. The second-order valence-corrected chi connectivity index (χ2v) is 13.4. The molecular formula is C35H44N6O4. The van der Waals surface area contributed by atoms with Crippen molar-refractivity contribution in [2.45, 2.75) is 64.8 Å². The Kier molecular flexibility index (Phi) is 8.02. The maximum atomic E-state index is 13.6. The number of aryl methyl sites for hydroxylation is 1. The quantitative estimate of drug-likeness (QED) is 0.268. The average molecular weight is 613 g/mol. The molecule has 3 fully saturated rings. The first-order chi connectivity index (χ1) is 21.9. The van der Waals surface area contributed by atoms with Gasteiger partial charge in [0.1, 0.15) is 23.6 Å². The predicted molar refractivity (Wildman–Crippen MR) is 173 cm³/mol. The van der Waals surface area contributed by atoms with Crippen LogP contribution in [0.2, 0.25) is 0 Å². The molecule has 7 rings (SSSR count). The van der Waals surface area contributed by atoms with Gasteiger partial charge in [-0.1, -0.05) is 6.92 Å². The lowest BCUT2D eigenvalue weighted by Gasteiger charge is -2.32. The Morgan fingerprint density at radius 2 is 1.80 bits per heavy atom. The molecule has 2 amide bonds. The number of methoxy groups -OCH3 is 2. The van der Waals surface area contributed by atoms with Crippen molar-refractivity contribution in [3.05, 3.63) is 47.4 Å². The minimum atomic E-state index is 0.0324. The summed E-state index contributed by atoms with van der Waals surface area (Å²) in [6.07, 6.45) is 10.2. The van der Waals surface area contributed by atoms with Crippen LogP contribution in [0, 0.1) is 18.8 Å². The van der Waals surface area contributed by atoms with Crippen LogP contribution in [0.1, 0.15) is 73.0 Å². The summed E-state index contributed by atoms with van der Waals surface area (Å²) in [6.45, 7) is 8.34. The third kappa shape index (κ3) is 5.58. The number of fused-ring (bicyclic) bond motifs is 2. The van der Waals surface area contributed by atoms with Crippen LogP contribution >= 0.6 is 0 Å². The van der Waals surface area contributed by atoms with E-state index in [4.69, 9.17) is 19.6 Å². The summed E-state index contributed by atoms with van der Waals surface area (Å²) in [5, 5.41) is 6.29. The first-order valence-corrected chi connectivity index (χ1v) is 16.5. The van der Waals surface area contributed by atoms with Gasteiger partial charge in [0.25, 0.3) is 5.91 Å². The molecular weight excluding hydrogens is 568 g/mol. The lowest BCUT2D eigenvalue weighted by Crippen LogP contribution is -2.40. The predicted octanol–water partition coefficient (Wildman–Crippen LogP) is 5.30. The third-order valence-corrected chi connectivity index (χ3v) is 10.1. The topological polar surface area (TPSA) is 94.2 Å². The zero-order chi connectivity index (χ0) is 31.2. The second kappa shape index (κ2) is 12.1. The van der Waals surface area contributed by atoms with E-state index in [-0.39, 0.29) is 24.3 Å². The van der Waals surface area contributed by atoms with Gasteiger partial charge in [0.05, 0.1) is 29.6 Å². The highest BCUT2D eigenvalue weighted by Crippen LogP contribution is 2.41. The molecule has 45 heavy (non-hydrogen) atoms. The molecule has 4 aromatic heterocycles. The van der Waals surface area contributed by atoms with E-state index in [1.54, 1.807) is 14.2 Å². The van der Waals surface area contributed by atoms with E-state index in [0.717, 1.165) is 78.9 Å². The van der Waals surface area contributed by atoms with E-state index in [1.165, 1.54) is 18.4 Å². The summed E-state index contributed by atoms with van der Waals surface area (Å²) < 4.78 is 15.2. The number of hydrogen-bond acceptors (Lipinski definition) is 6. The smallest absolute Gasteiger partial charge is 0.255 e. The number of pyridine rings is 2. The van der Waals surface area contributed by atoms with Crippen LogP contribution in [0.4, 0.5) is 0 Å². The molecule has 0 bridgehead atoms. The molecule has 6 heterocycles. The van der Waals surface area contributed by atoms with Crippen LogP contribution in [0.5, 0.6) is 5.75 Å². The van der Waals surface area contributed by atoms with Gasteiger partial charge in [0.2, 0.25) is 5.91 Å². The minimum Gasteiger partial charge on any atom is -0.494 e. The highest BCUT2D eigenvalue weighted by atomic mass is 16.5. The van der Waals surface area contributed by atoms with Gasteiger partial charge in [0.15, 0.2) is 0 Å². The number of hydrogen-bond donors (Lipinski definition) is 0. The fraction of sp³-hybridized carbons (Fsp3) is 0.543. The van der Waals surface area contributed by atoms with Crippen molar-refractivity contribution in [2.75, 3.05) is 47.0 Å². The van der Waals surface area contributed by atoms with Crippen LogP contribution in [0.25, 0.3) is 27.8 Å². The normalized spacial score (nSPS) is 19.5. The first kappa shape index (κ1) is 29.8. The molecule has 0 unspecified atom stereocenters. The number of likely N-dealkylation sites (tertiary alicyclic amines) is 2. The second-order valence-electron chi connectivity index (χ2n) is 13.4. The zero-order valence-corrected chi connectivity index (χ0v) is 26.9. The van der Waals surface area contributed by atoms with Crippen LogP contribution in [0.3, 0.4) is 0 Å². The van der Waals surface area contributed by atoms with Crippen LogP contribution in [-0.2, 0) is 16.1 Å². The fourth-order valence-corrected chi connectivity index (χ4v) is 7.46. The van der Waals surface area contributed by atoms with Crippen molar-refractivity contribution >= 4 is 28.2 Å². The number of aromatic nitrogens is 4. The van der Waals surface area contributed by atoms with Crippen LogP contribution in [-0.4, -0.2) is 87.8 Å². The molecule has 0 N–H and O–H groups in total. The maximum Gasteiger partial charge on any atom is 0.255 e. The van der Waals surface area contributed by atoms with Crippen molar-refractivity contribution in [1.29, 1.82) is 0 Å². The Balaban J connectivity index is 1.29. The van der Waals surface area contributed by atoms with Crippen molar-refractivity contribution in [3.63, 3.8) is 0 Å². The molecule has 4 aromatic rings. The van der Waals surface area contributed by atoms with E-state index in [2.05, 4.69) is 30.5 Å². The zero-order valence-electron chi connectivity index (χ0n) is 26.9. The van der Waals surface area contributed by atoms with Gasteiger partial charge in [-0.3, -0.25) is 14.6 Å². The third-order valence-electron chi connectivity index (χ3n) is 10.1. The Bertz CT molecular complexity index is 1750. The monoisotopic (exact) mass is 612 g/mol. The lowest BCUT2D eigenvalue weighted by atomic mass is 9.92. The molecule has 3 aliphatic rings. The summed E-state index contributed by atoms with van der Waals surface area (Å²) in [7, 11) is 3.23. The molecule has 1 atom stereocenters. The van der Waals surface area contributed by atoms with Crippen LogP contribution < -0.4 is 4.74 Å². The van der Waals surface area contributed by atoms with Crippen molar-refractivity contribution in [3.8, 4) is 17.1 Å². The van der Waals surface area contributed by atoms with Crippen molar-refractivity contribution in [1.82, 2.24) is 29.0 Å². The summed E-state index contributed by atoms with van der Waals surface area (Å²) in [5.41, 5.74) is 6.76. The summed E-state index contributed by atoms with van der Waals surface area (Å²) in [4.78, 5) is 34.9. The number of carbonyl (C=O) groups is 2. The van der Waals surface area contributed by atoms with Gasteiger partial charge in [-0.15, -0.1) is 0 Å². The molecule has 10 nitrogen and oxygen atoms in total. The molecule has 10 heteroatoms. The van der Waals surface area contributed by atoms with Gasteiger partial charge in [0, 0.05) is 69.1 Å². The van der Waals surface area contributed by atoms with Gasteiger partial charge in [-0.25, -0.2) is 4.52 Å². The van der Waals surface area contributed by atoms with Crippen LogP contribution in [0.15, 0.2) is 30.6 Å². The molecule has 2 aliphatic heterocycles. The Hall–Kier alpha value is -3.92. The lowest BCUT2D eigenvalue weighted by molar-refractivity contribution is -0.136. The largest absolute Gasteiger partial charge is 0.494 e. The number of rotatable bonds is 8. The summed E-state index contributed by atoms with van der Waals surface area (Å²) >= 11 is 0.